The van der Waals surface area contributed by atoms with Crippen molar-refractivity contribution in [3.8, 4) is 0 Å². The van der Waals surface area contributed by atoms with Crippen molar-refractivity contribution in [1.29, 1.82) is 5.41 Å². The van der Waals surface area contributed by atoms with E-state index in [2.05, 4.69) is 16.0 Å². The molecule has 13 nitrogen and oxygen atoms in total. The van der Waals surface area contributed by atoms with Crippen LogP contribution in [0.2, 0.25) is 0 Å². The van der Waals surface area contributed by atoms with E-state index >= 15 is 0 Å². The summed E-state index contributed by atoms with van der Waals surface area (Å²) in [7, 11) is 1.66. The van der Waals surface area contributed by atoms with Crippen LogP contribution in [0.5, 0.6) is 0 Å². The maximum Gasteiger partial charge on any atom is 0.269 e. The Labute approximate surface area is 226 Å². The number of para-hydroxylation sites is 1. The molecule has 0 aliphatic carbocycles. The summed E-state index contributed by atoms with van der Waals surface area (Å²) in [6, 6.07) is 12.7. The van der Waals surface area contributed by atoms with E-state index < -0.39 is 28.8 Å². The minimum atomic E-state index is -0.983. The second-order valence-corrected chi connectivity index (χ2v) is 9.10. The number of nitrogens with zero attached hydrogens (tertiary/aromatic N) is 3. The van der Waals surface area contributed by atoms with Crippen molar-refractivity contribution in [1.82, 2.24) is 20.9 Å². The molecule has 2 aromatic rings. The van der Waals surface area contributed by atoms with Crippen molar-refractivity contribution in [2.45, 2.75) is 37.8 Å². The Kier molecular flexibility index (Phi) is 10.3. The molecule has 1 saturated heterocycles. The lowest BCUT2D eigenvalue weighted by atomic mass is 10.1. The third-order valence-electron chi connectivity index (χ3n) is 6.36. The predicted octanol–water partition coefficient (Wildman–Crippen LogP) is 1.22. The lowest BCUT2D eigenvalue weighted by Crippen LogP contribution is -2.54. The molecule has 0 aromatic heterocycles. The van der Waals surface area contributed by atoms with Crippen LogP contribution in [-0.4, -0.2) is 72.3 Å². The van der Waals surface area contributed by atoms with Crippen molar-refractivity contribution < 1.29 is 19.3 Å². The highest BCUT2D eigenvalue weighted by Gasteiger charge is 2.36. The van der Waals surface area contributed by atoms with Crippen LogP contribution in [0.1, 0.15) is 25.7 Å². The van der Waals surface area contributed by atoms with Crippen molar-refractivity contribution in [2.75, 3.05) is 31.6 Å². The lowest BCUT2D eigenvalue weighted by Gasteiger charge is -2.30. The Morgan fingerprint density at radius 2 is 1.82 bits per heavy atom. The van der Waals surface area contributed by atoms with Crippen LogP contribution < -0.4 is 26.6 Å². The number of rotatable bonds is 12. The maximum absolute atomic E-state index is 14.1. The minimum Gasteiger partial charge on any atom is -0.370 e. The number of likely N-dealkylation sites (N-methyl/N-ethyl adjacent to an activating group) is 1. The van der Waals surface area contributed by atoms with E-state index in [-0.39, 0.29) is 30.5 Å². The highest BCUT2D eigenvalue weighted by atomic mass is 16.6. The molecular weight excluding hydrogens is 504 g/mol. The molecule has 1 fully saturated rings. The Balaban J connectivity index is 1.90. The van der Waals surface area contributed by atoms with Crippen LogP contribution >= 0.6 is 0 Å². The van der Waals surface area contributed by atoms with Gasteiger partial charge in [0.2, 0.25) is 11.8 Å². The Morgan fingerprint density at radius 1 is 1.15 bits per heavy atom. The molecule has 1 aliphatic heterocycles. The van der Waals surface area contributed by atoms with Crippen molar-refractivity contribution in [3.63, 3.8) is 0 Å². The normalized spacial score (nSPS) is 15.3. The van der Waals surface area contributed by atoms with E-state index in [4.69, 9.17) is 11.1 Å². The fourth-order valence-electron chi connectivity index (χ4n) is 4.50. The molecule has 1 heterocycles. The van der Waals surface area contributed by atoms with Gasteiger partial charge in [0.1, 0.15) is 12.1 Å². The first-order chi connectivity index (χ1) is 18.7. The number of likely N-dealkylation sites (tertiary alicyclic amines) is 1. The fourth-order valence-corrected chi connectivity index (χ4v) is 4.50. The Bertz CT molecular complexity index is 1170. The number of benzene rings is 2. The molecular formula is C26H34N8O5. The smallest absolute Gasteiger partial charge is 0.269 e. The summed E-state index contributed by atoms with van der Waals surface area (Å²) in [5, 5.41) is 26.9. The lowest BCUT2D eigenvalue weighted by molar-refractivity contribution is -0.384. The molecule has 3 amide bonds. The van der Waals surface area contributed by atoms with Gasteiger partial charge in [-0.25, -0.2) is 0 Å². The zero-order valence-corrected chi connectivity index (χ0v) is 21.8. The van der Waals surface area contributed by atoms with E-state index in [0.29, 0.717) is 43.7 Å². The second-order valence-electron chi connectivity index (χ2n) is 9.10. The van der Waals surface area contributed by atoms with Gasteiger partial charge in [0, 0.05) is 36.6 Å². The van der Waals surface area contributed by atoms with Gasteiger partial charge in [-0.15, -0.1) is 0 Å². The number of nitrogens with one attached hydrogen (secondary N) is 4. The van der Waals surface area contributed by atoms with Gasteiger partial charge < -0.3 is 26.6 Å². The van der Waals surface area contributed by atoms with Gasteiger partial charge in [0.05, 0.1) is 11.5 Å². The number of amides is 3. The molecule has 2 aromatic carbocycles. The van der Waals surface area contributed by atoms with E-state index in [1.165, 1.54) is 34.1 Å². The molecule has 0 spiro atoms. The van der Waals surface area contributed by atoms with Crippen LogP contribution in [0.4, 0.5) is 17.1 Å². The average Bonchev–Trinajstić information content (AvgIpc) is 3.42. The minimum absolute atomic E-state index is 0.102. The van der Waals surface area contributed by atoms with Gasteiger partial charge in [-0.2, -0.15) is 0 Å². The van der Waals surface area contributed by atoms with Crippen molar-refractivity contribution >= 4 is 40.7 Å². The summed E-state index contributed by atoms with van der Waals surface area (Å²) in [5.74, 6) is -1.27. The monoisotopic (exact) mass is 538 g/mol. The predicted molar refractivity (Wildman–Crippen MR) is 146 cm³/mol. The number of anilines is 2. The van der Waals surface area contributed by atoms with E-state index in [1.807, 2.05) is 0 Å². The van der Waals surface area contributed by atoms with E-state index in [9.17, 15) is 24.5 Å². The van der Waals surface area contributed by atoms with Crippen LogP contribution in [0, 0.1) is 15.5 Å². The zero-order chi connectivity index (χ0) is 28.4. The number of non-ortho nitro benzene ring substituents is 1. The molecule has 3 rings (SSSR count). The van der Waals surface area contributed by atoms with Gasteiger partial charge in [-0.3, -0.25) is 34.8 Å². The first-order valence-electron chi connectivity index (χ1n) is 12.7. The average molecular weight is 539 g/mol. The van der Waals surface area contributed by atoms with Gasteiger partial charge in [-0.1, -0.05) is 18.2 Å². The summed E-state index contributed by atoms with van der Waals surface area (Å²) < 4.78 is 0. The molecule has 13 heteroatoms. The summed E-state index contributed by atoms with van der Waals surface area (Å²) in [6.07, 6.45) is 1.79. The zero-order valence-electron chi connectivity index (χ0n) is 21.8. The molecule has 39 heavy (non-hydrogen) atoms. The molecule has 0 unspecified atom stereocenters. The number of guanidine groups is 1. The molecule has 0 bridgehead atoms. The summed E-state index contributed by atoms with van der Waals surface area (Å²) >= 11 is 0. The number of hydrogen-bond donors (Lipinski definition) is 5. The highest BCUT2D eigenvalue weighted by Crippen LogP contribution is 2.29. The summed E-state index contributed by atoms with van der Waals surface area (Å²) in [6.45, 7) is 0.873. The van der Waals surface area contributed by atoms with Gasteiger partial charge >= 0.3 is 0 Å². The van der Waals surface area contributed by atoms with Gasteiger partial charge in [0.25, 0.3) is 11.6 Å². The fraction of sp³-hybridized carbons (Fsp3) is 0.385. The number of nitro benzene ring substituents is 1. The Hall–Kier alpha value is -4.52. The maximum atomic E-state index is 14.1. The Morgan fingerprint density at radius 3 is 2.44 bits per heavy atom. The van der Waals surface area contributed by atoms with E-state index in [1.54, 1.807) is 37.4 Å². The standard InChI is InChI=1S/C26H34N8O5/c1-29-17-23(35)32-16-6-10-22(32)24(36)31-21(9-5-15-30-26(27)28)25(37)33(18-7-3-2-4-8-18)19-11-13-20(14-12-19)34(38)39/h2-4,7-8,11-14,21-22,29H,5-6,9-10,15-17H2,1H3,(H,31,36)(H4,27,28,30)/t21-,22-/m0/s1. The molecule has 208 valence electrons. The second kappa shape index (κ2) is 13.9. The molecule has 1 aliphatic rings. The molecule has 2 atom stereocenters. The molecule has 0 saturated carbocycles. The third kappa shape index (κ3) is 7.74. The van der Waals surface area contributed by atoms with Gasteiger partial charge in [-0.05, 0) is 57.0 Å². The molecule has 0 radical (unpaired) electrons. The third-order valence-corrected chi connectivity index (χ3v) is 6.36. The summed E-state index contributed by atoms with van der Waals surface area (Å²) in [5.41, 5.74) is 6.16. The topological polar surface area (TPSA) is 187 Å². The van der Waals surface area contributed by atoms with Gasteiger partial charge in [0.15, 0.2) is 5.96 Å². The highest BCUT2D eigenvalue weighted by molar-refractivity contribution is 6.05. The van der Waals surface area contributed by atoms with Crippen LogP contribution in [0.25, 0.3) is 0 Å². The largest absolute Gasteiger partial charge is 0.370 e. The summed E-state index contributed by atoms with van der Waals surface area (Å²) in [4.78, 5) is 53.6. The molecule has 6 N–H and O–H groups in total. The number of hydrogen-bond acceptors (Lipinski definition) is 7. The first kappa shape index (κ1) is 29.0. The van der Waals surface area contributed by atoms with Crippen LogP contribution in [-0.2, 0) is 14.4 Å². The number of carbonyl (C=O) groups excluding carboxylic acids is 3. The number of nitro groups is 1. The van der Waals surface area contributed by atoms with Crippen molar-refractivity contribution in [3.05, 3.63) is 64.7 Å². The van der Waals surface area contributed by atoms with E-state index in [0.717, 1.165) is 0 Å². The first-order valence-corrected chi connectivity index (χ1v) is 12.7. The number of nitrogens with two attached hydrogens (primary N) is 1. The number of carbonyl (C=O) groups is 3. The van der Waals surface area contributed by atoms with Crippen LogP contribution in [0.3, 0.4) is 0 Å². The SMILES string of the molecule is CNCC(=O)N1CCC[C@H]1C(=O)N[C@@H](CCCNC(=N)N)C(=O)N(c1ccccc1)c1ccc([N+](=O)[O-])cc1. The van der Waals surface area contributed by atoms with Crippen molar-refractivity contribution in [2.24, 2.45) is 5.73 Å². The quantitative estimate of drug-likeness (QED) is 0.0877. The van der Waals surface area contributed by atoms with Crippen LogP contribution in [0.15, 0.2) is 54.6 Å².